The average molecular weight is 447 g/mol. The summed E-state index contributed by atoms with van der Waals surface area (Å²) in [5.41, 5.74) is 4.82. The van der Waals surface area contributed by atoms with Crippen molar-refractivity contribution in [3.8, 4) is 11.1 Å². The van der Waals surface area contributed by atoms with E-state index in [-0.39, 0.29) is 18.2 Å². The second-order valence-corrected chi connectivity index (χ2v) is 7.45. The monoisotopic (exact) mass is 447 g/mol. The predicted molar refractivity (Wildman–Crippen MR) is 119 cm³/mol. The van der Waals surface area contributed by atoms with Crippen molar-refractivity contribution in [1.29, 1.82) is 0 Å². The van der Waals surface area contributed by atoms with Crippen LogP contribution in [-0.2, 0) is 9.53 Å². The zero-order valence-corrected chi connectivity index (χ0v) is 17.4. The van der Waals surface area contributed by atoms with Crippen LogP contribution in [0.3, 0.4) is 0 Å². The van der Waals surface area contributed by atoms with Crippen LogP contribution in [0.15, 0.2) is 66.9 Å². The molecular weight excluding hydrogens is 426 g/mol. The van der Waals surface area contributed by atoms with Gasteiger partial charge >= 0.3 is 12.1 Å². The summed E-state index contributed by atoms with van der Waals surface area (Å²) in [5, 5.41) is 22.7. The zero-order valence-electron chi connectivity index (χ0n) is 17.4. The molecule has 1 heterocycles. The molecule has 0 spiro atoms. The third-order valence-electron chi connectivity index (χ3n) is 5.33. The number of rotatable bonds is 7. The summed E-state index contributed by atoms with van der Waals surface area (Å²) in [4.78, 5) is 38.8. The minimum absolute atomic E-state index is 0.00526. The fourth-order valence-electron chi connectivity index (χ4n) is 3.72. The van der Waals surface area contributed by atoms with E-state index in [4.69, 9.17) is 9.84 Å². The normalized spacial score (nSPS) is 12.9. The molecule has 3 aromatic rings. The number of hydrogen-bond donors (Lipinski definition) is 4. The number of pyridine rings is 1. The highest BCUT2D eigenvalue weighted by atomic mass is 16.5. The number of fused-ring (bicyclic) bond motifs is 3. The quantitative estimate of drug-likeness (QED) is 0.437. The fraction of sp³-hybridized carbons (Fsp3) is 0.167. The summed E-state index contributed by atoms with van der Waals surface area (Å²) in [7, 11) is 0. The van der Waals surface area contributed by atoms with Gasteiger partial charge < -0.3 is 20.3 Å². The first-order valence-corrected chi connectivity index (χ1v) is 10.2. The van der Waals surface area contributed by atoms with E-state index in [9.17, 15) is 19.5 Å². The van der Waals surface area contributed by atoms with Crippen molar-refractivity contribution in [2.24, 2.45) is 0 Å². The van der Waals surface area contributed by atoms with Gasteiger partial charge in [0.2, 0.25) is 0 Å². The third-order valence-corrected chi connectivity index (χ3v) is 5.33. The van der Waals surface area contributed by atoms with Gasteiger partial charge in [0.25, 0.3) is 5.91 Å². The largest absolute Gasteiger partial charge is 0.479 e. The second-order valence-electron chi connectivity index (χ2n) is 7.45. The Morgan fingerprint density at radius 2 is 1.61 bits per heavy atom. The van der Waals surface area contributed by atoms with Gasteiger partial charge in [0, 0.05) is 5.92 Å². The number of aliphatic hydroxyl groups excluding tert-OH is 1. The Bertz CT molecular complexity index is 1150. The minimum Gasteiger partial charge on any atom is -0.479 e. The Hall–Kier alpha value is -4.24. The van der Waals surface area contributed by atoms with E-state index in [2.05, 4.69) is 27.8 Å². The Balaban J connectivity index is 1.33. The van der Waals surface area contributed by atoms with Crippen molar-refractivity contribution in [3.63, 3.8) is 0 Å². The van der Waals surface area contributed by atoms with Crippen molar-refractivity contribution in [1.82, 2.24) is 10.3 Å². The molecule has 2 aromatic carbocycles. The topological polar surface area (TPSA) is 138 Å². The molecule has 0 fully saturated rings. The second kappa shape index (κ2) is 9.49. The van der Waals surface area contributed by atoms with Gasteiger partial charge in [-0.05, 0) is 34.4 Å². The number of nitrogens with zero attached hydrogens (tertiary/aromatic N) is 1. The number of aliphatic hydroxyl groups is 1. The molecule has 168 valence electrons. The lowest BCUT2D eigenvalue weighted by Crippen LogP contribution is -2.36. The summed E-state index contributed by atoms with van der Waals surface area (Å²) < 4.78 is 5.47. The van der Waals surface area contributed by atoms with Gasteiger partial charge in [-0.1, -0.05) is 48.5 Å². The summed E-state index contributed by atoms with van der Waals surface area (Å²) in [6.07, 6.45) is -1.08. The highest BCUT2D eigenvalue weighted by molar-refractivity contribution is 5.93. The van der Waals surface area contributed by atoms with Gasteiger partial charge in [-0.3, -0.25) is 10.1 Å². The lowest BCUT2D eigenvalue weighted by molar-refractivity contribution is -0.146. The van der Waals surface area contributed by atoms with E-state index < -0.39 is 30.6 Å². The number of benzene rings is 2. The summed E-state index contributed by atoms with van der Waals surface area (Å²) in [6, 6.07) is 18.9. The molecule has 1 aromatic heterocycles. The van der Waals surface area contributed by atoms with Crippen molar-refractivity contribution in [2.75, 3.05) is 18.5 Å². The SMILES string of the molecule is O=C(Nc1ccc(C(=O)NCC(O)C(=O)O)nc1)OCC1c2ccccc2-c2ccccc21. The number of anilines is 1. The first-order valence-electron chi connectivity index (χ1n) is 10.2. The van der Waals surface area contributed by atoms with Gasteiger partial charge in [0.15, 0.2) is 6.10 Å². The van der Waals surface area contributed by atoms with Crippen molar-refractivity contribution in [3.05, 3.63) is 83.7 Å². The van der Waals surface area contributed by atoms with Crippen LogP contribution in [-0.4, -0.2) is 52.4 Å². The molecule has 0 radical (unpaired) electrons. The van der Waals surface area contributed by atoms with Crippen LogP contribution in [0.1, 0.15) is 27.5 Å². The maximum atomic E-state index is 12.3. The number of carboxylic acids is 1. The number of aromatic nitrogens is 1. The van der Waals surface area contributed by atoms with Crippen LogP contribution < -0.4 is 10.6 Å². The maximum absolute atomic E-state index is 12.3. The van der Waals surface area contributed by atoms with Gasteiger partial charge in [0.1, 0.15) is 12.3 Å². The molecule has 4 N–H and O–H groups in total. The van der Waals surface area contributed by atoms with Crippen LogP contribution in [0.2, 0.25) is 0 Å². The number of carbonyl (C=O) groups excluding carboxylic acids is 2. The summed E-state index contributed by atoms with van der Waals surface area (Å²) in [5.74, 6) is -2.15. The van der Waals surface area contributed by atoms with E-state index in [0.29, 0.717) is 5.69 Å². The third kappa shape index (κ3) is 4.83. The van der Waals surface area contributed by atoms with Crippen molar-refractivity contribution in [2.45, 2.75) is 12.0 Å². The van der Waals surface area contributed by atoms with E-state index in [1.54, 1.807) is 0 Å². The Labute approximate surface area is 189 Å². The van der Waals surface area contributed by atoms with Gasteiger partial charge in [0.05, 0.1) is 18.4 Å². The molecule has 1 aliphatic rings. The van der Waals surface area contributed by atoms with E-state index in [1.807, 2.05) is 36.4 Å². The Morgan fingerprint density at radius 3 is 2.18 bits per heavy atom. The molecule has 1 unspecified atom stereocenters. The van der Waals surface area contributed by atoms with Gasteiger partial charge in [-0.2, -0.15) is 0 Å². The molecule has 9 heteroatoms. The summed E-state index contributed by atoms with van der Waals surface area (Å²) in [6.45, 7) is -0.282. The predicted octanol–water partition coefficient (Wildman–Crippen LogP) is 2.62. The van der Waals surface area contributed by atoms with Crippen LogP contribution in [0.4, 0.5) is 10.5 Å². The molecule has 0 aliphatic heterocycles. The van der Waals surface area contributed by atoms with Crippen molar-refractivity contribution < 1.29 is 29.3 Å². The number of carboxylic acid groups (broad SMARTS) is 1. The number of nitrogens with one attached hydrogen (secondary N) is 2. The number of carbonyl (C=O) groups is 3. The van der Waals surface area contributed by atoms with Crippen LogP contribution >= 0.6 is 0 Å². The molecule has 1 atom stereocenters. The van der Waals surface area contributed by atoms with E-state index >= 15 is 0 Å². The first-order chi connectivity index (χ1) is 15.9. The molecule has 1 aliphatic carbocycles. The smallest absolute Gasteiger partial charge is 0.411 e. The molecule has 4 rings (SSSR count). The van der Waals surface area contributed by atoms with Crippen LogP contribution in [0, 0.1) is 0 Å². The molecular formula is C24H21N3O6. The zero-order chi connectivity index (χ0) is 23.4. The van der Waals surface area contributed by atoms with Gasteiger partial charge in [-0.15, -0.1) is 0 Å². The number of ether oxygens (including phenoxy) is 1. The number of hydrogen-bond acceptors (Lipinski definition) is 6. The minimum atomic E-state index is -1.71. The lowest BCUT2D eigenvalue weighted by atomic mass is 9.98. The Kier molecular flexibility index (Phi) is 6.32. The molecule has 9 nitrogen and oxygen atoms in total. The van der Waals surface area contributed by atoms with Crippen molar-refractivity contribution >= 4 is 23.7 Å². The van der Waals surface area contributed by atoms with Gasteiger partial charge in [-0.25, -0.2) is 14.6 Å². The average Bonchev–Trinajstić information content (AvgIpc) is 3.15. The molecule has 0 saturated heterocycles. The number of aliphatic carboxylic acids is 1. The molecule has 2 amide bonds. The fourth-order valence-corrected chi connectivity index (χ4v) is 3.72. The maximum Gasteiger partial charge on any atom is 0.411 e. The number of amides is 2. The summed E-state index contributed by atoms with van der Waals surface area (Å²) >= 11 is 0. The highest BCUT2D eigenvalue weighted by Crippen LogP contribution is 2.44. The lowest BCUT2D eigenvalue weighted by Gasteiger charge is -2.14. The van der Waals surface area contributed by atoms with Crippen LogP contribution in [0.5, 0.6) is 0 Å². The van der Waals surface area contributed by atoms with E-state index in [1.165, 1.54) is 18.3 Å². The first kappa shape index (κ1) is 22.0. The Morgan fingerprint density at radius 1 is 0.970 bits per heavy atom. The van der Waals surface area contributed by atoms with E-state index in [0.717, 1.165) is 22.3 Å². The molecule has 33 heavy (non-hydrogen) atoms. The highest BCUT2D eigenvalue weighted by Gasteiger charge is 2.29. The molecule has 0 saturated carbocycles. The van der Waals surface area contributed by atoms with Crippen LogP contribution in [0.25, 0.3) is 11.1 Å². The molecule has 0 bridgehead atoms. The standard InChI is InChI=1S/C24H21N3O6/c28-21(23(30)31)12-26-22(29)20-10-9-14(11-25-20)27-24(32)33-13-19-17-7-3-1-5-15(17)16-6-2-4-8-18(16)19/h1-11,19,21,28H,12-13H2,(H,26,29)(H,27,32)(H,30,31).